The second-order valence-corrected chi connectivity index (χ2v) is 5.10. The van der Waals surface area contributed by atoms with Crippen LogP contribution >= 0.6 is 0 Å². The van der Waals surface area contributed by atoms with Crippen molar-refractivity contribution in [3.8, 4) is 0 Å². The molecule has 116 valence electrons. The standard InChI is InChI=1S/2C10H9.2ClH.Zr/c2*1-2-5-9-7-4-8-10(9)6-3-1;;;/h2*1-2,4-5,8H,3,6H2;2*1H;/q2*-1;;;+4/p-2. The summed E-state index contributed by atoms with van der Waals surface area (Å²) in [5.41, 5.74) is 5.41. The van der Waals surface area contributed by atoms with E-state index in [1.807, 2.05) is 12.2 Å². The molecule has 0 heterocycles. The first kappa shape index (κ1) is 22.4. The number of hydrogen-bond donors (Lipinski definition) is 0. The molecule has 23 heavy (non-hydrogen) atoms. The van der Waals surface area contributed by atoms with Crippen LogP contribution in [0.1, 0.15) is 25.7 Å². The Morgan fingerprint density at radius 2 is 1.09 bits per heavy atom. The van der Waals surface area contributed by atoms with Crippen LogP contribution in [0.4, 0.5) is 0 Å². The second-order valence-electron chi connectivity index (χ2n) is 5.10. The van der Waals surface area contributed by atoms with Gasteiger partial charge in [0.2, 0.25) is 0 Å². The molecule has 4 rings (SSSR count). The van der Waals surface area contributed by atoms with Gasteiger partial charge < -0.3 is 24.8 Å². The van der Waals surface area contributed by atoms with Gasteiger partial charge in [-0.1, -0.05) is 25.0 Å². The molecule has 0 nitrogen and oxygen atoms in total. The minimum atomic E-state index is 0. The van der Waals surface area contributed by atoms with Crippen molar-refractivity contribution in [2.24, 2.45) is 0 Å². The molecule has 4 aliphatic carbocycles. The van der Waals surface area contributed by atoms with Crippen LogP contribution in [0.25, 0.3) is 0 Å². The van der Waals surface area contributed by atoms with Crippen LogP contribution < -0.4 is 24.8 Å². The van der Waals surface area contributed by atoms with Crippen molar-refractivity contribution >= 4 is 0 Å². The van der Waals surface area contributed by atoms with E-state index in [4.69, 9.17) is 0 Å². The largest absolute Gasteiger partial charge is 4.00 e. The fourth-order valence-corrected chi connectivity index (χ4v) is 2.57. The fourth-order valence-electron chi connectivity index (χ4n) is 2.57. The second kappa shape index (κ2) is 11.8. The minimum Gasteiger partial charge on any atom is -1.00 e. The smallest absolute Gasteiger partial charge is 1.00 e. The Balaban J connectivity index is 0.000000372. The van der Waals surface area contributed by atoms with Gasteiger partial charge in [0.1, 0.15) is 0 Å². The van der Waals surface area contributed by atoms with Crippen molar-refractivity contribution < 1.29 is 51.0 Å². The van der Waals surface area contributed by atoms with Crippen molar-refractivity contribution in [3.63, 3.8) is 0 Å². The van der Waals surface area contributed by atoms with Crippen molar-refractivity contribution in [2.75, 3.05) is 0 Å². The van der Waals surface area contributed by atoms with E-state index in [9.17, 15) is 0 Å². The summed E-state index contributed by atoms with van der Waals surface area (Å²) < 4.78 is 0. The molecule has 4 aliphatic rings. The molecule has 0 fully saturated rings. The van der Waals surface area contributed by atoms with Gasteiger partial charge >= 0.3 is 26.2 Å². The zero-order chi connectivity index (χ0) is 13.6. The summed E-state index contributed by atoms with van der Waals surface area (Å²) >= 11 is 0. The summed E-state index contributed by atoms with van der Waals surface area (Å²) in [7, 11) is 0. The summed E-state index contributed by atoms with van der Waals surface area (Å²) in [5, 5.41) is 0. The van der Waals surface area contributed by atoms with E-state index in [1.54, 1.807) is 0 Å². The van der Waals surface area contributed by atoms with E-state index < -0.39 is 0 Å². The van der Waals surface area contributed by atoms with E-state index in [1.165, 1.54) is 48.0 Å². The zero-order valence-corrected chi connectivity index (χ0v) is 16.8. The average Bonchev–Trinajstić information content (AvgIpc) is 2.98. The van der Waals surface area contributed by atoms with E-state index in [2.05, 4.69) is 60.8 Å². The Labute approximate surface area is 171 Å². The van der Waals surface area contributed by atoms with Crippen molar-refractivity contribution in [3.05, 3.63) is 95.2 Å². The van der Waals surface area contributed by atoms with Gasteiger partial charge in [-0.3, -0.25) is 0 Å². The number of fused-ring (bicyclic) bond motifs is 2. The molecule has 0 atom stereocenters. The minimum absolute atomic E-state index is 0. The number of allylic oxidation sites excluding steroid dienone is 16. The van der Waals surface area contributed by atoms with E-state index in [0.717, 1.165) is 0 Å². The molecule has 3 heteroatoms. The summed E-state index contributed by atoms with van der Waals surface area (Å²) in [6.07, 6.45) is 32.3. The molecule has 0 unspecified atom stereocenters. The maximum atomic E-state index is 3.19. The molecule has 0 aromatic heterocycles. The average molecular weight is 420 g/mol. The predicted octanol–water partition coefficient (Wildman–Crippen LogP) is -0.870. The Bertz CT molecular complexity index is 570. The van der Waals surface area contributed by atoms with E-state index in [-0.39, 0.29) is 51.0 Å². The van der Waals surface area contributed by atoms with Crippen LogP contribution in [0, 0.1) is 12.2 Å². The molecular weight excluding hydrogens is 402 g/mol. The van der Waals surface area contributed by atoms with Crippen molar-refractivity contribution in [1.29, 1.82) is 0 Å². The first-order valence-electron chi connectivity index (χ1n) is 7.26. The third-order valence-electron chi connectivity index (χ3n) is 3.70. The van der Waals surface area contributed by atoms with Crippen LogP contribution in [0.2, 0.25) is 0 Å². The van der Waals surface area contributed by atoms with Crippen LogP contribution in [-0.4, -0.2) is 0 Å². The molecule has 0 aliphatic heterocycles. The van der Waals surface area contributed by atoms with Gasteiger partial charge in [0, 0.05) is 0 Å². The van der Waals surface area contributed by atoms with Crippen molar-refractivity contribution in [1.82, 2.24) is 0 Å². The molecule has 0 saturated carbocycles. The Morgan fingerprint density at radius 3 is 1.52 bits per heavy atom. The number of hydrogen-bond acceptors (Lipinski definition) is 0. The maximum absolute atomic E-state index is 3.19. The van der Waals surface area contributed by atoms with Crippen LogP contribution in [0.3, 0.4) is 0 Å². The summed E-state index contributed by atoms with van der Waals surface area (Å²) in [5.74, 6) is 0. The molecule has 0 N–H and O–H groups in total. The number of halogens is 2. The summed E-state index contributed by atoms with van der Waals surface area (Å²) in [6, 6.07) is 0. The SMILES string of the molecule is [C-]1=CC=C2CCC=CC=C12.[C-]1=CC=C2CCC=CC=C12.[Cl-].[Cl-].[Zr+4]. The monoisotopic (exact) mass is 418 g/mol. The summed E-state index contributed by atoms with van der Waals surface area (Å²) in [6.45, 7) is 0. The van der Waals surface area contributed by atoms with Gasteiger partial charge in [0.25, 0.3) is 0 Å². The van der Waals surface area contributed by atoms with Crippen LogP contribution in [0.5, 0.6) is 0 Å². The normalized spacial score (nSPS) is 18.8. The molecular formula is C20H18Cl2Zr. The van der Waals surface area contributed by atoms with Crippen LogP contribution in [-0.2, 0) is 26.2 Å². The molecule has 0 aromatic carbocycles. The first-order valence-corrected chi connectivity index (χ1v) is 7.26. The Kier molecular flexibility index (Phi) is 11.5. The van der Waals surface area contributed by atoms with E-state index in [0.29, 0.717) is 0 Å². The quantitative estimate of drug-likeness (QED) is 0.447. The predicted molar refractivity (Wildman–Crippen MR) is 84.7 cm³/mol. The molecule has 0 radical (unpaired) electrons. The fraction of sp³-hybridized carbons (Fsp3) is 0.200. The van der Waals surface area contributed by atoms with E-state index >= 15 is 0 Å². The Morgan fingerprint density at radius 1 is 0.652 bits per heavy atom. The van der Waals surface area contributed by atoms with Gasteiger partial charge in [-0.05, 0) is 12.8 Å². The van der Waals surface area contributed by atoms with Crippen LogP contribution in [0.15, 0.2) is 83.1 Å². The third-order valence-corrected chi connectivity index (χ3v) is 3.70. The molecule has 0 amide bonds. The molecule has 0 spiro atoms. The topological polar surface area (TPSA) is 0 Å². The molecule has 0 bridgehead atoms. The van der Waals surface area contributed by atoms with Gasteiger partial charge in [-0.25, -0.2) is 0 Å². The van der Waals surface area contributed by atoms with Gasteiger partial charge in [-0.15, -0.1) is 36.5 Å². The molecule has 0 aromatic rings. The maximum Gasteiger partial charge on any atom is 4.00 e. The first-order chi connectivity index (χ1) is 9.93. The number of rotatable bonds is 0. The van der Waals surface area contributed by atoms with Gasteiger partial charge in [-0.2, -0.15) is 46.6 Å². The Hall–Kier alpha value is -0.617. The zero-order valence-electron chi connectivity index (χ0n) is 12.9. The molecule has 0 saturated heterocycles. The third kappa shape index (κ3) is 6.42. The van der Waals surface area contributed by atoms with Gasteiger partial charge in [0.05, 0.1) is 0 Å². The van der Waals surface area contributed by atoms with Gasteiger partial charge in [0.15, 0.2) is 0 Å². The van der Waals surface area contributed by atoms with Crippen molar-refractivity contribution in [2.45, 2.75) is 25.7 Å². The summed E-state index contributed by atoms with van der Waals surface area (Å²) in [4.78, 5) is 0.